The van der Waals surface area contributed by atoms with Gasteiger partial charge in [0.1, 0.15) is 5.75 Å². The highest BCUT2D eigenvalue weighted by Gasteiger charge is 2.17. The second-order valence-corrected chi connectivity index (χ2v) is 7.20. The topological polar surface area (TPSA) is 9.23 Å². The van der Waals surface area contributed by atoms with Crippen molar-refractivity contribution < 1.29 is 4.74 Å². The summed E-state index contributed by atoms with van der Waals surface area (Å²) in [5.74, 6) is 3.57. The third kappa shape index (κ3) is 5.73. The van der Waals surface area contributed by atoms with Crippen LogP contribution >= 0.6 is 0 Å². The molecule has 1 nitrogen and oxygen atoms in total. The van der Waals surface area contributed by atoms with Gasteiger partial charge >= 0.3 is 0 Å². The molecule has 1 heteroatoms. The van der Waals surface area contributed by atoms with Crippen LogP contribution in [0.4, 0.5) is 0 Å². The van der Waals surface area contributed by atoms with E-state index < -0.39 is 0 Å². The molecule has 1 saturated carbocycles. The van der Waals surface area contributed by atoms with E-state index in [1.165, 1.54) is 50.5 Å². The van der Waals surface area contributed by atoms with Crippen LogP contribution in [0.1, 0.15) is 77.2 Å². The average Bonchev–Trinajstić information content (AvgIpc) is 2.49. The monoisotopic (exact) mass is 288 g/mol. The van der Waals surface area contributed by atoms with Crippen LogP contribution in [-0.4, -0.2) is 6.61 Å². The quantitative estimate of drug-likeness (QED) is 0.544. The van der Waals surface area contributed by atoms with Crippen molar-refractivity contribution in [3.05, 3.63) is 29.8 Å². The fourth-order valence-corrected chi connectivity index (χ4v) is 3.31. The Labute approximate surface area is 131 Å². The van der Waals surface area contributed by atoms with Crippen molar-refractivity contribution in [1.82, 2.24) is 0 Å². The SMILES string of the molecule is CC1CCC(CCCCOc2cccc(C(C)C)c2)CC1. The number of ether oxygens (including phenoxy) is 1. The van der Waals surface area contributed by atoms with Crippen LogP contribution in [0.25, 0.3) is 0 Å². The zero-order valence-electron chi connectivity index (χ0n) is 14.1. The van der Waals surface area contributed by atoms with Gasteiger partial charge in [0.05, 0.1) is 6.61 Å². The molecular weight excluding hydrogens is 256 g/mol. The van der Waals surface area contributed by atoms with E-state index in [2.05, 4.69) is 45.0 Å². The molecule has 0 heterocycles. The van der Waals surface area contributed by atoms with Gasteiger partial charge in [0, 0.05) is 0 Å². The van der Waals surface area contributed by atoms with Crippen LogP contribution in [0.3, 0.4) is 0 Å². The average molecular weight is 288 g/mol. The van der Waals surface area contributed by atoms with Gasteiger partial charge < -0.3 is 4.74 Å². The molecule has 0 unspecified atom stereocenters. The molecule has 0 N–H and O–H groups in total. The van der Waals surface area contributed by atoms with Gasteiger partial charge in [0.15, 0.2) is 0 Å². The van der Waals surface area contributed by atoms with Crippen molar-refractivity contribution in [1.29, 1.82) is 0 Å². The molecule has 21 heavy (non-hydrogen) atoms. The molecule has 118 valence electrons. The Balaban J connectivity index is 1.60. The molecule has 0 amide bonds. The van der Waals surface area contributed by atoms with E-state index in [-0.39, 0.29) is 0 Å². The van der Waals surface area contributed by atoms with Crippen molar-refractivity contribution >= 4 is 0 Å². The van der Waals surface area contributed by atoms with Crippen molar-refractivity contribution in [3.63, 3.8) is 0 Å². The highest BCUT2D eigenvalue weighted by Crippen LogP contribution is 2.31. The number of benzene rings is 1. The molecule has 1 aromatic rings. The van der Waals surface area contributed by atoms with E-state index in [0.29, 0.717) is 5.92 Å². The van der Waals surface area contributed by atoms with Gasteiger partial charge in [-0.3, -0.25) is 0 Å². The molecule has 1 fully saturated rings. The minimum absolute atomic E-state index is 0.572. The van der Waals surface area contributed by atoms with E-state index in [0.717, 1.165) is 24.2 Å². The smallest absolute Gasteiger partial charge is 0.119 e. The lowest BCUT2D eigenvalue weighted by molar-refractivity contribution is 0.257. The van der Waals surface area contributed by atoms with E-state index in [9.17, 15) is 0 Å². The summed E-state index contributed by atoms with van der Waals surface area (Å²) in [5, 5.41) is 0. The van der Waals surface area contributed by atoms with Gasteiger partial charge in [-0.25, -0.2) is 0 Å². The lowest BCUT2D eigenvalue weighted by Gasteiger charge is -2.26. The zero-order valence-corrected chi connectivity index (χ0v) is 14.1. The Morgan fingerprint density at radius 2 is 1.86 bits per heavy atom. The summed E-state index contributed by atoms with van der Waals surface area (Å²) >= 11 is 0. The molecule has 1 aliphatic carbocycles. The summed E-state index contributed by atoms with van der Waals surface area (Å²) in [6.45, 7) is 7.72. The summed E-state index contributed by atoms with van der Waals surface area (Å²) in [6, 6.07) is 8.55. The van der Waals surface area contributed by atoms with Crippen molar-refractivity contribution in [2.24, 2.45) is 11.8 Å². The maximum atomic E-state index is 5.90. The Morgan fingerprint density at radius 1 is 1.10 bits per heavy atom. The molecule has 0 spiro atoms. The van der Waals surface area contributed by atoms with Crippen LogP contribution in [0.2, 0.25) is 0 Å². The van der Waals surface area contributed by atoms with Crippen LogP contribution in [0, 0.1) is 11.8 Å². The number of rotatable bonds is 7. The van der Waals surface area contributed by atoms with Gasteiger partial charge in [-0.1, -0.05) is 65.0 Å². The molecule has 0 atom stereocenters. The summed E-state index contributed by atoms with van der Waals surface area (Å²) in [4.78, 5) is 0. The first-order valence-corrected chi connectivity index (χ1v) is 8.88. The predicted octanol–water partition coefficient (Wildman–Crippen LogP) is 6.19. The maximum Gasteiger partial charge on any atom is 0.119 e. The van der Waals surface area contributed by atoms with E-state index in [4.69, 9.17) is 4.74 Å². The zero-order chi connectivity index (χ0) is 15.1. The van der Waals surface area contributed by atoms with Crippen LogP contribution < -0.4 is 4.74 Å². The van der Waals surface area contributed by atoms with Crippen LogP contribution in [0.15, 0.2) is 24.3 Å². The van der Waals surface area contributed by atoms with Crippen LogP contribution in [-0.2, 0) is 0 Å². The molecule has 1 aromatic carbocycles. The van der Waals surface area contributed by atoms with Gasteiger partial charge in [-0.2, -0.15) is 0 Å². The Morgan fingerprint density at radius 3 is 2.57 bits per heavy atom. The summed E-state index contributed by atoms with van der Waals surface area (Å²) in [5.41, 5.74) is 1.36. The normalized spacial score (nSPS) is 22.5. The van der Waals surface area contributed by atoms with Gasteiger partial charge in [0.25, 0.3) is 0 Å². The van der Waals surface area contributed by atoms with Crippen LogP contribution in [0.5, 0.6) is 5.75 Å². The van der Waals surface area contributed by atoms with Crippen molar-refractivity contribution in [2.45, 2.75) is 71.6 Å². The number of unbranched alkanes of at least 4 members (excludes halogenated alkanes) is 1. The summed E-state index contributed by atoms with van der Waals surface area (Å²) in [7, 11) is 0. The molecule has 0 bridgehead atoms. The highest BCUT2D eigenvalue weighted by atomic mass is 16.5. The summed E-state index contributed by atoms with van der Waals surface area (Å²) in [6.07, 6.45) is 9.73. The third-order valence-electron chi connectivity index (χ3n) is 4.94. The van der Waals surface area contributed by atoms with Gasteiger partial charge in [-0.15, -0.1) is 0 Å². The standard InChI is InChI=1S/C20H32O/c1-16(2)19-8-6-9-20(15-19)21-14-5-4-7-18-12-10-17(3)11-13-18/h6,8-9,15-18H,4-5,7,10-14H2,1-3H3. The summed E-state index contributed by atoms with van der Waals surface area (Å²) < 4.78 is 5.90. The predicted molar refractivity (Wildman–Crippen MR) is 91.0 cm³/mol. The lowest BCUT2D eigenvalue weighted by atomic mass is 9.81. The number of hydrogen-bond acceptors (Lipinski definition) is 1. The highest BCUT2D eigenvalue weighted by molar-refractivity contribution is 5.30. The van der Waals surface area contributed by atoms with Crippen molar-refractivity contribution in [3.8, 4) is 5.75 Å². The van der Waals surface area contributed by atoms with E-state index in [1.54, 1.807) is 0 Å². The molecular formula is C20H32O. The van der Waals surface area contributed by atoms with Crippen molar-refractivity contribution in [2.75, 3.05) is 6.61 Å². The van der Waals surface area contributed by atoms with Gasteiger partial charge in [0.2, 0.25) is 0 Å². The minimum atomic E-state index is 0.572. The second kappa shape index (κ2) is 8.46. The second-order valence-electron chi connectivity index (χ2n) is 7.20. The first-order valence-electron chi connectivity index (χ1n) is 8.88. The Bertz CT molecular complexity index is 402. The molecule has 0 radical (unpaired) electrons. The Kier molecular flexibility index (Phi) is 6.60. The number of hydrogen-bond donors (Lipinski definition) is 0. The minimum Gasteiger partial charge on any atom is -0.494 e. The first kappa shape index (κ1) is 16.4. The maximum absolute atomic E-state index is 5.90. The van der Waals surface area contributed by atoms with Gasteiger partial charge in [-0.05, 0) is 48.3 Å². The molecule has 0 aromatic heterocycles. The largest absolute Gasteiger partial charge is 0.494 e. The Hall–Kier alpha value is -0.980. The molecule has 0 aliphatic heterocycles. The first-order chi connectivity index (χ1) is 10.1. The fourth-order valence-electron chi connectivity index (χ4n) is 3.31. The lowest BCUT2D eigenvalue weighted by Crippen LogP contribution is -2.12. The van der Waals surface area contributed by atoms with E-state index in [1.807, 2.05) is 0 Å². The molecule has 1 aliphatic rings. The molecule has 0 saturated heterocycles. The third-order valence-corrected chi connectivity index (χ3v) is 4.94. The fraction of sp³-hybridized carbons (Fsp3) is 0.700. The molecule has 2 rings (SSSR count). The van der Waals surface area contributed by atoms with E-state index >= 15 is 0 Å².